The van der Waals surface area contributed by atoms with Crippen LogP contribution < -0.4 is 5.32 Å². The Labute approximate surface area is 160 Å². The van der Waals surface area contributed by atoms with Crippen LogP contribution in [0.4, 0.5) is 5.00 Å². The van der Waals surface area contributed by atoms with Crippen molar-refractivity contribution in [2.45, 2.75) is 25.7 Å². The molecule has 27 heavy (non-hydrogen) atoms. The summed E-state index contributed by atoms with van der Waals surface area (Å²) < 4.78 is 0. The molecule has 0 bridgehead atoms. The molecule has 0 atom stereocenters. The summed E-state index contributed by atoms with van der Waals surface area (Å²) in [5, 5.41) is 23.3. The number of aromatic nitrogens is 1. The van der Waals surface area contributed by atoms with E-state index in [-0.39, 0.29) is 5.57 Å². The molecule has 0 unspecified atom stereocenters. The molecule has 6 heteroatoms. The van der Waals surface area contributed by atoms with Crippen LogP contribution >= 0.6 is 11.3 Å². The van der Waals surface area contributed by atoms with Gasteiger partial charge in [-0.15, -0.1) is 11.3 Å². The van der Waals surface area contributed by atoms with Gasteiger partial charge in [0, 0.05) is 27.5 Å². The minimum absolute atomic E-state index is 0.00927. The Morgan fingerprint density at radius 3 is 2.85 bits per heavy atom. The molecule has 1 amide bonds. The molecule has 132 valence electrons. The normalized spacial score (nSPS) is 13.6. The van der Waals surface area contributed by atoms with Gasteiger partial charge < -0.3 is 10.3 Å². The number of thiophene rings is 1. The summed E-state index contributed by atoms with van der Waals surface area (Å²) in [5.41, 5.74) is 3.34. The average Bonchev–Trinajstić information content (AvgIpc) is 3.26. The summed E-state index contributed by atoms with van der Waals surface area (Å²) in [6, 6.07) is 11.9. The first kappa shape index (κ1) is 17.1. The highest BCUT2D eigenvalue weighted by Gasteiger charge is 2.22. The van der Waals surface area contributed by atoms with Gasteiger partial charge in [-0.05, 0) is 43.4 Å². The van der Waals surface area contributed by atoms with E-state index in [1.807, 2.05) is 30.3 Å². The first-order chi connectivity index (χ1) is 13.2. The van der Waals surface area contributed by atoms with Crippen molar-refractivity contribution in [1.29, 1.82) is 10.5 Å². The van der Waals surface area contributed by atoms with Gasteiger partial charge in [0.05, 0.1) is 5.56 Å². The molecule has 0 radical (unpaired) electrons. The number of anilines is 1. The van der Waals surface area contributed by atoms with E-state index in [0.29, 0.717) is 10.6 Å². The van der Waals surface area contributed by atoms with Gasteiger partial charge >= 0.3 is 0 Å². The Kier molecular flexibility index (Phi) is 4.50. The van der Waals surface area contributed by atoms with Gasteiger partial charge in [0.15, 0.2) is 0 Å². The second-order valence-corrected chi connectivity index (χ2v) is 7.55. The lowest BCUT2D eigenvalue weighted by atomic mass is 9.96. The molecule has 2 aromatic heterocycles. The van der Waals surface area contributed by atoms with E-state index in [1.165, 1.54) is 16.2 Å². The maximum absolute atomic E-state index is 12.7. The molecule has 1 aliphatic carbocycles. The predicted octanol–water partition coefficient (Wildman–Crippen LogP) is 4.53. The smallest absolute Gasteiger partial charge is 0.266 e. The molecule has 0 saturated carbocycles. The fourth-order valence-corrected chi connectivity index (χ4v) is 4.69. The van der Waals surface area contributed by atoms with Crippen LogP contribution in [0.25, 0.3) is 17.0 Å². The van der Waals surface area contributed by atoms with Crippen molar-refractivity contribution < 1.29 is 4.79 Å². The number of carbonyl (C=O) groups excluding carboxylic acids is 1. The van der Waals surface area contributed by atoms with Crippen LogP contribution in [0, 0.1) is 22.7 Å². The van der Waals surface area contributed by atoms with E-state index in [2.05, 4.69) is 16.4 Å². The summed E-state index contributed by atoms with van der Waals surface area (Å²) in [5.74, 6) is -0.488. The third kappa shape index (κ3) is 3.12. The standard InChI is InChI=1S/C21H16N4OS/c22-10-13(9-14-12-24-18-7-3-1-5-15(14)18)20(26)25-21-17(11-23)16-6-2-4-8-19(16)27-21/h1,3,5,7,9,12,24H,2,4,6,8H2,(H,25,26)/b13-9-. The summed E-state index contributed by atoms with van der Waals surface area (Å²) in [7, 11) is 0. The number of hydrogen-bond donors (Lipinski definition) is 2. The number of nitrogens with zero attached hydrogens (tertiary/aromatic N) is 2. The van der Waals surface area contributed by atoms with E-state index < -0.39 is 5.91 Å². The largest absolute Gasteiger partial charge is 0.361 e. The van der Waals surface area contributed by atoms with Crippen molar-refractivity contribution in [3.63, 3.8) is 0 Å². The first-order valence-corrected chi connectivity index (χ1v) is 9.57. The van der Waals surface area contributed by atoms with Crippen LogP contribution in [0.3, 0.4) is 0 Å². The molecule has 1 aromatic carbocycles. The fourth-order valence-electron chi connectivity index (χ4n) is 3.46. The Hall–Kier alpha value is -3.35. The number of carbonyl (C=O) groups is 1. The molecule has 0 saturated heterocycles. The number of benzene rings is 1. The Balaban J connectivity index is 1.65. The highest BCUT2D eigenvalue weighted by Crippen LogP contribution is 2.37. The fraction of sp³-hybridized carbons (Fsp3) is 0.190. The Morgan fingerprint density at radius 1 is 1.22 bits per heavy atom. The summed E-state index contributed by atoms with van der Waals surface area (Å²) in [4.78, 5) is 17.0. The number of nitrogens with one attached hydrogen (secondary N) is 2. The highest BCUT2D eigenvalue weighted by atomic mass is 32.1. The molecule has 2 N–H and O–H groups in total. The Morgan fingerprint density at radius 2 is 2.04 bits per heavy atom. The zero-order chi connectivity index (χ0) is 18.8. The van der Waals surface area contributed by atoms with Crippen LogP contribution in [0.5, 0.6) is 0 Å². The summed E-state index contributed by atoms with van der Waals surface area (Å²) in [6.07, 6.45) is 7.35. The molecular formula is C21H16N4OS. The summed E-state index contributed by atoms with van der Waals surface area (Å²) in [6.45, 7) is 0. The van der Waals surface area contributed by atoms with Crippen molar-refractivity contribution in [3.05, 3.63) is 57.6 Å². The van der Waals surface area contributed by atoms with Gasteiger partial charge in [-0.1, -0.05) is 18.2 Å². The number of aromatic amines is 1. The molecule has 4 rings (SSSR count). The molecular weight excluding hydrogens is 356 g/mol. The predicted molar refractivity (Wildman–Crippen MR) is 106 cm³/mol. The number of fused-ring (bicyclic) bond motifs is 2. The molecule has 0 fully saturated rings. The van der Waals surface area contributed by atoms with Gasteiger partial charge in [-0.2, -0.15) is 10.5 Å². The number of amides is 1. The van der Waals surface area contributed by atoms with Crippen molar-refractivity contribution in [1.82, 2.24) is 4.98 Å². The second-order valence-electron chi connectivity index (χ2n) is 6.44. The number of hydrogen-bond acceptors (Lipinski definition) is 4. The average molecular weight is 372 g/mol. The van der Waals surface area contributed by atoms with E-state index in [9.17, 15) is 15.3 Å². The molecule has 5 nitrogen and oxygen atoms in total. The quantitative estimate of drug-likeness (QED) is 0.523. The Bertz CT molecular complexity index is 1150. The van der Waals surface area contributed by atoms with Crippen molar-refractivity contribution in [2.75, 3.05) is 5.32 Å². The van der Waals surface area contributed by atoms with Gasteiger partial charge in [-0.25, -0.2) is 0 Å². The van der Waals surface area contributed by atoms with E-state index in [1.54, 1.807) is 12.3 Å². The van der Waals surface area contributed by atoms with E-state index in [4.69, 9.17) is 0 Å². The van der Waals surface area contributed by atoms with Crippen LogP contribution in [0.15, 0.2) is 36.0 Å². The third-order valence-electron chi connectivity index (χ3n) is 4.80. The number of H-pyrrole nitrogens is 1. The van der Waals surface area contributed by atoms with Gasteiger partial charge in [0.1, 0.15) is 22.7 Å². The number of para-hydroxylation sites is 1. The topological polar surface area (TPSA) is 92.5 Å². The van der Waals surface area contributed by atoms with Crippen molar-refractivity contribution in [2.24, 2.45) is 0 Å². The number of nitriles is 2. The minimum Gasteiger partial charge on any atom is -0.361 e. The number of rotatable bonds is 3. The van der Waals surface area contributed by atoms with Crippen molar-refractivity contribution >= 4 is 39.2 Å². The van der Waals surface area contributed by atoms with Gasteiger partial charge in [0.2, 0.25) is 0 Å². The second kappa shape index (κ2) is 7.11. The highest BCUT2D eigenvalue weighted by molar-refractivity contribution is 7.16. The van der Waals surface area contributed by atoms with Gasteiger partial charge in [-0.3, -0.25) is 4.79 Å². The molecule has 0 aliphatic heterocycles. The lowest BCUT2D eigenvalue weighted by Gasteiger charge is -2.09. The minimum atomic E-state index is -0.488. The summed E-state index contributed by atoms with van der Waals surface area (Å²) >= 11 is 1.46. The molecule has 3 aromatic rings. The lowest BCUT2D eigenvalue weighted by molar-refractivity contribution is -0.112. The third-order valence-corrected chi connectivity index (χ3v) is 6.00. The molecule has 1 aliphatic rings. The SMILES string of the molecule is N#C/C(=C/c1c[nH]c2ccccc12)C(=O)Nc1sc2c(c1C#N)CCCC2. The maximum Gasteiger partial charge on any atom is 0.266 e. The molecule has 0 spiro atoms. The lowest BCUT2D eigenvalue weighted by Crippen LogP contribution is -2.13. The number of aryl methyl sites for hydroxylation is 1. The first-order valence-electron chi connectivity index (χ1n) is 8.75. The van der Waals surface area contributed by atoms with Gasteiger partial charge in [0.25, 0.3) is 5.91 Å². The van der Waals surface area contributed by atoms with Crippen LogP contribution in [0.1, 0.15) is 34.4 Å². The monoisotopic (exact) mass is 372 g/mol. The van der Waals surface area contributed by atoms with Crippen LogP contribution in [0.2, 0.25) is 0 Å². The zero-order valence-electron chi connectivity index (χ0n) is 14.5. The van der Waals surface area contributed by atoms with Crippen LogP contribution in [-0.2, 0) is 17.6 Å². The van der Waals surface area contributed by atoms with Crippen LogP contribution in [-0.4, -0.2) is 10.9 Å². The van der Waals surface area contributed by atoms with E-state index in [0.717, 1.165) is 47.7 Å². The zero-order valence-corrected chi connectivity index (χ0v) is 15.3. The van der Waals surface area contributed by atoms with Crippen molar-refractivity contribution in [3.8, 4) is 12.1 Å². The van der Waals surface area contributed by atoms with E-state index >= 15 is 0 Å². The maximum atomic E-state index is 12.7. The molecule has 2 heterocycles.